The summed E-state index contributed by atoms with van der Waals surface area (Å²) in [5, 5.41) is 0. The van der Waals surface area contributed by atoms with Gasteiger partial charge in [0.2, 0.25) is 0 Å². The Labute approximate surface area is 154 Å². The van der Waals surface area contributed by atoms with Gasteiger partial charge in [-0.2, -0.15) is 0 Å². The summed E-state index contributed by atoms with van der Waals surface area (Å²) in [5.74, 6) is 0. The van der Waals surface area contributed by atoms with Crippen molar-refractivity contribution in [3.05, 3.63) is 108 Å². The summed E-state index contributed by atoms with van der Waals surface area (Å²) in [6.45, 7) is 2.02. The molecule has 0 radical (unpaired) electrons. The lowest BCUT2D eigenvalue weighted by atomic mass is 10.0. The molecule has 4 aromatic rings. The summed E-state index contributed by atoms with van der Waals surface area (Å²) in [6.07, 6.45) is 2.85. The van der Waals surface area contributed by atoms with Crippen LogP contribution in [0.4, 0.5) is 0 Å². The van der Waals surface area contributed by atoms with Gasteiger partial charge in [-0.15, -0.1) is 0 Å². The minimum Gasteiger partial charge on any atom is -0.256 e. The third-order valence-corrected chi connectivity index (χ3v) is 4.44. The van der Waals surface area contributed by atoms with Gasteiger partial charge in [0.25, 0.3) is 0 Å². The number of hydrogen-bond donors (Lipinski definition) is 0. The molecule has 26 heavy (non-hydrogen) atoms. The first-order valence-corrected chi connectivity index (χ1v) is 8.81. The van der Waals surface area contributed by atoms with E-state index >= 15 is 0 Å². The zero-order chi connectivity index (χ0) is 17.8. The molecule has 0 saturated heterocycles. The predicted octanol–water partition coefficient (Wildman–Crippen LogP) is 5.71. The number of aromatic nitrogens is 2. The molecule has 0 atom stereocenters. The van der Waals surface area contributed by atoms with Crippen LogP contribution in [-0.4, -0.2) is 9.97 Å². The summed E-state index contributed by atoms with van der Waals surface area (Å²) < 4.78 is 0. The first-order valence-electron chi connectivity index (χ1n) is 8.81. The monoisotopic (exact) mass is 336 g/mol. The number of hydrogen-bond acceptors (Lipinski definition) is 2. The number of benzene rings is 2. The van der Waals surface area contributed by atoms with Crippen molar-refractivity contribution < 1.29 is 0 Å². The Morgan fingerprint density at radius 3 is 2.04 bits per heavy atom. The fourth-order valence-electron chi connectivity index (χ4n) is 3.04. The minimum absolute atomic E-state index is 0.879. The van der Waals surface area contributed by atoms with E-state index in [9.17, 15) is 0 Å². The highest BCUT2D eigenvalue weighted by atomic mass is 14.7. The van der Waals surface area contributed by atoms with Crippen LogP contribution in [0.2, 0.25) is 0 Å². The van der Waals surface area contributed by atoms with Crippen LogP contribution in [0.3, 0.4) is 0 Å². The highest BCUT2D eigenvalue weighted by Crippen LogP contribution is 2.20. The fraction of sp³-hybridized carbons (Fsp3) is 0.0833. The van der Waals surface area contributed by atoms with Crippen LogP contribution < -0.4 is 0 Å². The number of pyridine rings is 2. The summed E-state index contributed by atoms with van der Waals surface area (Å²) in [6, 6.07) is 29.3. The molecule has 0 unspecified atom stereocenters. The number of aryl methyl sites for hydroxylation is 1. The van der Waals surface area contributed by atoms with Crippen molar-refractivity contribution in [1.82, 2.24) is 9.97 Å². The highest BCUT2D eigenvalue weighted by Gasteiger charge is 2.03. The van der Waals surface area contributed by atoms with Gasteiger partial charge >= 0.3 is 0 Å². The van der Waals surface area contributed by atoms with Gasteiger partial charge in [0.05, 0.1) is 11.4 Å². The van der Waals surface area contributed by atoms with E-state index in [1.807, 2.05) is 49.5 Å². The van der Waals surface area contributed by atoms with E-state index in [1.165, 1.54) is 11.1 Å². The Kier molecular flexibility index (Phi) is 4.57. The average molecular weight is 336 g/mol. The molecule has 2 heterocycles. The Balaban J connectivity index is 1.49. The van der Waals surface area contributed by atoms with Crippen LogP contribution in [0.25, 0.3) is 22.5 Å². The van der Waals surface area contributed by atoms with Crippen LogP contribution >= 0.6 is 0 Å². The summed E-state index contributed by atoms with van der Waals surface area (Å²) >= 11 is 0. The van der Waals surface area contributed by atoms with Gasteiger partial charge in [-0.3, -0.25) is 9.97 Å². The van der Waals surface area contributed by atoms with Crippen LogP contribution in [0, 0.1) is 6.92 Å². The van der Waals surface area contributed by atoms with Crippen LogP contribution in [0.5, 0.6) is 0 Å². The summed E-state index contributed by atoms with van der Waals surface area (Å²) in [4.78, 5) is 9.20. The summed E-state index contributed by atoms with van der Waals surface area (Å²) in [7, 11) is 0. The molecular weight excluding hydrogens is 316 g/mol. The van der Waals surface area contributed by atoms with E-state index in [1.54, 1.807) is 0 Å². The van der Waals surface area contributed by atoms with E-state index in [-0.39, 0.29) is 0 Å². The lowest BCUT2D eigenvalue weighted by Crippen LogP contribution is -1.92. The Hall–Kier alpha value is -3.26. The number of rotatable bonds is 4. The second-order valence-corrected chi connectivity index (χ2v) is 6.46. The molecule has 0 aliphatic carbocycles. The fourth-order valence-corrected chi connectivity index (χ4v) is 3.04. The molecule has 0 spiro atoms. The molecule has 2 aromatic carbocycles. The SMILES string of the molecule is Cc1cccc(-c2ccc(Cc3ccc(-c4ccccc4)nc3)cc2)n1. The quantitative estimate of drug-likeness (QED) is 0.477. The van der Waals surface area contributed by atoms with E-state index in [4.69, 9.17) is 0 Å². The maximum absolute atomic E-state index is 4.61. The molecule has 0 fully saturated rings. The molecule has 4 rings (SSSR count). The average Bonchev–Trinajstić information content (AvgIpc) is 2.70. The van der Waals surface area contributed by atoms with Gasteiger partial charge in [-0.25, -0.2) is 0 Å². The van der Waals surface area contributed by atoms with Gasteiger partial charge < -0.3 is 0 Å². The Morgan fingerprint density at radius 1 is 0.615 bits per heavy atom. The minimum atomic E-state index is 0.879. The lowest BCUT2D eigenvalue weighted by Gasteiger charge is -2.06. The molecule has 0 amide bonds. The smallest absolute Gasteiger partial charge is 0.0705 e. The highest BCUT2D eigenvalue weighted by molar-refractivity contribution is 5.60. The van der Waals surface area contributed by atoms with Crippen molar-refractivity contribution in [3.63, 3.8) is 0 Å². The van der Waals surface area contributed by atoms with Gasteiger partial charge in [0.15, 0.2) is 0 Å². The second-order valence-electron chi connectivity index (χ2n) is 6.46. The third kappa shape index (κ3) is 3.70. The van der Waals surface area contributed by atoms with Gasteiger partial charge in [0.1, 0.15) is 0 Å². The summed E-state index contributed by atoms with van der Waals surface area (Å²) in [5.41, 5.74) is 7.85. The van der Waals surface area contributed by atoms with E-state index in [0.717, 1.165) is 34.6 Å². The van der Waals surface area contributed by atoms with E-state index in [2.05, 4.69) is 58.5 Å². The molecule has 0 N–H and O–H groups in total. The lowest BCUT2D eigenvalue weighted by molar-refractivity contribution is 1.15. The molecule has 126 valence electrons. The van der Waals surface area contributed by atoms with Crippen LogP contribution in [0.15, 0.2) is 91.1 Å². The first kappa shape index (κ1) is 16.2. The topological polar surface area (TPSA) is 25.8 Å². The van der Waals surface area contributed by atoms with Crippen molar-refractivity contribution in [2.45, 2.75) is 13.3 Å². The van der Waals surface area contributed by atoms with Crippen molar-refractivity contribution >= 4 is 0 Å². The predicted molar refractivity (Wildman–Crippen MR) is 107 cm³/mol. The molecule has 0 aliphatic heterocycles. The van der Waals surface area contributed by atoms with Gasteiger partial charge in [-0.1, -0.05) is 66.7 Å². The molecule has 0 saturated carbocycles. The van der Waals surface area contributed by atoms with Crippen LogP contribution in [0.1, 0.15) is 16.8 Å². The van der Waals surface area contributed by atoms with Crippen molar-refractivity contribution in [2.75, 3.05) is 0 Å². The third-order valence-electron chi connectivity index (χ3n) is 4.44. The second kappa shape index (κ2) is 7.32. The van der Waals surface area contributed by atoms with Crippen molar-refractivity contribution in [2.24, 2.45) is 0 Å². The molecule has 2 aromatic heterocycles. The maximum atomic E-state index is 4.61. The normalized spacial score (nSPS) is 10.7. The van der Waals surface area contributed by atoms with Crippen molar-refractivity contribution in [3.8, 4) is 22.5 Å². The Bertz CT molecular complexity index is 988. The molecule has 0 bridgehead atoms. The zero-order valence-corrected chi connectivity index (χ0v) is 14.8. The number of nitrogens with zero attached hydrogens (tertiary/aromatic N) is 2. The van der Waals surface area contributed by atoms with Gasteiger partial charge in [-0.05, 0) is 42.7 Å². The molecule has 2 nitrogen and oxygen atoms in total. The maximum Gasteiger partial charge on any atom is 0.0705 e. The zero-order valence-electron chi connectivity index (χ0n) is 14.8. The van der Waals surface area contributed by atoms with Crippen LogP contribution in [-0.2, 0) is 6.42 Å². The van der Waals surface area contributed by atoms with Crippen molar-refractivity contribution in [1.29, 1.82) is 0 Å². The van der Waals surface area contributed by atoms with E-state index < -0.39 is 0 Å². The Morgan fingerprint density at radius 2 is 1.35 bits per heavy atom. The molecule has 0 aliphatic rings. The van der Waals surface area contributed by atoms with Gasteiger partial charge in [0, 0.05) is 23.0 Å². The van der Waals surface area contributed by atoms with E-state index in [0.29, 0.717) is 0 Å². The molecule has 2 heteroatoms. The molecular formula is C24H20N2. The standard InChI is InChI=1S/C24H20N2/c1-18-6-5-9-24(26-18)22-13-10-19(11-14-22)16-20-12-15-23(25-17-20)21-7-3-2-4-8-21/h2-15,17H,16H2,1H3. The first-order chi connectivity index (χ1) is 12.8. The largest absolute Gasteiger partial charge is 0.256 e.